The van der Waals surface area contributed by atoms with Crippen LogP contribution in [0.5, 0.6) is 0 Å². The first-order valence-electron chi connectivity index (χ1n) is 7.88. The van der Waals surface area contributed by atoms with E-state index in [1.165, 1.54) is 43.6 Å². The number of rotatable bonds is 11. The highest BCUT2D eigenvalue weighted by molar-refractivity contribution is 4.45. The summed E-state index contributed by atoms with van der Waals surface area (Å²) in [6.45, 7) is 21.1. The van der Waals surface area contributed by atoms with Gasteiger partial charge in [0.2, 0.25) is 0 Å². The quantitative estimate of drug-likeness (QED) is 0.339. The van der Waals surface area contributed by atoms with Gasteiger partial charge in [0.15, 0.2) is 0 Å². The molecule has 126 valence electrons. The molecule has 5 heteroatoms. The number of quaternary nitrogens is 2. The summed E-state index contributed by atoms with van der Waals surface area (Å²) >= 11 is 0. The highest BCUT2D eigenvalue weighted by Crippen LogP contribution is 2.12. The van der Waals surface area contributed by atoms with E-state index in [9.17, 15) is 5.11 Å². The van der Waals surface area contributed by atoms with Crippen LogP contribution in [0.4, 0.5) is 0 Å². The van der Waals surface area contributed by atoms with Crippen LogP contribution in [-0.2, 0) is 0 Å². The Hall–Kier alpha value is 0.840. The van der Waals surface area contributed by atoms with Crippen LogP contribution in [0, 0.1) is 0 Å². The van der Waals surface area contributed by atoms with Crippen LogP contribution in [0.2, 0.25) is 0 Å². The normalized spacial score (nSPS) is 11.7. The van der Waals surface area contributed by atoms with Crippen LogP contribution in [0.15, 0.2) is 0 Å². The number of halogens is 2. The van der Waals surface area contributed by atoms with Crippen molar-refractivity contribution < 1.29 is 48.0 Å². The number of aliphatic hydroxyl groups is 1. The molecule has 0 bridgehead atoms. The van der Waals surface area contributed by atoms with Gasteiger partial charge in [0, 0.05) is 0 Å². The van der Waals surface area contributed by atoms with Gasteiger partial charge in [-0.1, -0.05) is 6.92 Å². The summed E-state index contributed by atoms with van der Waals surface area (Å²) in [7, 11) is 0. The van der Waals surface area contributed by atoms with E-state index in [-0.39, 0.29) is 34.0 Å². The number of hydrogen-bond donors (Lipinski definition) is 1. The zero-order chi connectivity index (χ0) is 14.1. The zero-order valence-corrected chi connectivity index (χ0v) is 17.3. The van der Waals surface area contributed by atoms with E-state index in [1.807, 2.05) is 0 Å². The summed E-state index contributed by atoms with van der Waals surface area (Å²) < 4.78 is 2.31. The van der Waals surface area contributed by atoms with Gasteiger partial charge in [0.1, 0.15) is 19.6 Å². The van der Waals surface area contributed by atoms with Gasteiger partial charge in [0.25, 0.3) is 0 Å². The van der Waals surface area contributed by atoms with Crippen LogP contribution < -0.4 is 34.0 Å². The number of aliphatic hydroxyl groups excluding tert-OH is 1. The minimum absolute atomic E-state index is 0. The molecule has 0 saturated heterocycles. The summed E-state index contributed by atoms with van der Waals surface area (Å²) in [5.74, 6) is 0. The molecule has 0 rings (SSSR count). The second-order valence-corrected chi connectivity index (χ2v) is 5.57. The van der Waals surface area contributed by atoms with Crippen LogP contribution in [0.3, 0.4) is 0 Å². The van der Waals surface area contributed by atoms with E-state index in [0.717, 1.165) is 24.1 Å². The molecule has 0 aliphatic heterocycles. The monoisotopic (exact) mass is 418 g/mol. The second kappa shape index (κ2) is 13.5. The van der Waals surface area contributed by atoms with Crippen LogP contribution in [0.25, 0.3) is 0 Å². The van der Waals surface area contributed by atoms with E-state index in [1.54, 1.807) is 0 Å². The third-order valence-electron chi connectivity index (χ3n) is 5.00. The predicted octanol–water partition coefficient (Wildman–Crippen LogP) is -3.89. The predicted molar refractivity (Wildman–Crippen MR) is 79.5 cm³/mol. The Morgan fingerprint density at radius 1 is 0.600 bits per heavy atom. The van der Waals surface area contributed by atoms with Gasteiger partial charge in [0.05, 0.1) is 39.3 Å². The molecule has 0 fully saturated rings. The first kappa shape index (κ1) is 25.8. The van der Waals surface area contributed by atoms with Crippen molar-refractivity contribution in [3.05, 3.63) is 0 Å². The van der Waals surface area contributed by atoms with E-state index >= 15 is 0 Å². The topological polar surface area (TPSA) is 20.2 Å². The first-order chi connectivity index (χ1) is 8.57. The standard InChI is InChI=1S/C15H36N2O.2BrH/c1-6-11-16(7-2,8-3)12-13-17(9-4,10-5)14-15-18;;/h18H,6-15H2,1-5H3;2*1H/q+2;;/p-2. The van der Waals surface area contributed by atoms with Crippen molar-refractivity contribution in [1.82, 2.24) is 0 Å². The third kappa shape index (κ3) is 7.74. The average Bonchev–Trinajstić information content (AvgIpc) is 2.42. The molecule has 20 heavy (non-hydrogen) atoms. The Bertz CT molecular complexity index is 186. The largest absolute Gasteiger partial charge is 1.00 e. The Labute approximate surface area is 148 Å². The molecular weight excluding hydrogens is 384 g/mol. The Balaban J connectivity index is -0.00000144. The van der Waals surface area contributed by atoms with Crippen molar-refractivity contribution in [2.45, 2.75) is 41.0 Å². The van der Waals surface area contributed by atoms with Gasteiger partial charge in [-0.05, 0) is 34.1 Å². The summed E-state index contributed by atoms with van der Waals surface area (Å²) in [5.41, 5.74) is 0. The maximum Gasteiger partial charge on any atom is 0.129 e. The minimum atomic E-state index is 0. The van der Waals surface area contributed by atoms with E-state index in [4.69, 9.17) is 0 Å². The maximum absolute atomic E-state index is 9.29. The van der Waals surface area contributed by atoms with Gasteiger partial charge in [-0.3, -0.25) is 0 Å². The van der Waals surface area contributed by atoms with Crippen molar-refractivity contribution in [3.8, 4) is 0 Å². The van der Waals surface area contributed by atoms with Gasteiger partial charge in [-0.25, -0.2) is 0 Å². The summed E-state index contributed by atoms with van der Waals surface area (Å²) in [4.78, 5) is 0. The lowest BCUT2D eigenvalue weighted by Gasteiger charge is -2.42. The number of hydrogen-bond acceptors (Lipinski definition) is 1. The van der Waals surface area contributed by atoms with Crippen LogP contribution in [0.1, 0.15) is 41.0 Å². The molecule has 0 spiro atoms. The second-order valence-electron chi connectivity index (χ2n) is 5.57. The first-order valence-corrected chi connectivity index (χ1v) is 7.88. The van der Waals surface area contributed by atoms with Gasteiger partial charge >= 0.3 is 0 Å². The molecule has 3 nitrogen and oxygen atoms in total. The number of nitrogens with zero attached hydrogens (tertiary/aromatic N) is 2. The third-order valence-corrected chi connectivity index (χ3v) is 5.00. The lowest BCUT2D eigenvalue weighted by atomic mass is 10.2. The van der Waals surface area contributed by atoms with Gasteiger partial charge in [-0.15, -0.1) is 0 Å². The Morgan fingerprint density at radius 3 is 1.20 bits per heavy atom. The molecule has 0 aromatic carbocycles. The molecule has 0 atom stereocenters. The van der Waals surface area contributed by atoms with Crippen LogP contribution in [-0.4, -0.2) is 73.0 Å². The van der Waals surface area contributed by atoms with E-state index in [2.05, 4.69) is 34.6 Å². The van der Waals surface area contributed by atoms with Crippen LogP contribution >= 0.6 is 0 Å². The molecular formula is C15H36Br2N2O. The van der Waals surface area contributed by atoms with Gasteiger partial charge < -0.3 is 48.0 Å². The summed E-state index contributed by atoms with van der Waals surface area (Å²) in [6.07, 6.45) is 1.26. The molecule has 1 N–H and O–H groups in total. The Morgan fingerprint density at radius 2 is 0.950 bits per heavy atom. The summed E-state index contributed by atoms with van der Waals surface area (Å²) in [6, 6.07) is 0. The van der Waals surface area contributed by atoms with Crippen molar-refractivity contribution in [3.63, 3.8) is 0 Å². The van der Waals surface area contributed by atoms with Crippen molar-refractivity contribution >= 4 is 0 Å². The summed E-state index contributed by atoms with van der Waals surface area (Å²) in [5, 5.41) is 9.29. The van der Waals surface area contributed by atoms with E-state index in [0.29, 0.717) is 6.61 Å². The fraction of sp³-hybridized carbons (Fsp3) is 1.00. The Kier molecular flexibility index (Phi) is 17.4. The zero-order valence-electron chi connectivity index (χ0n) is 14.2. The molecule has 0 amide bonds. The lowest BCUT2D eigenvalue weighted by molar-refractivity contribution is -0.978. The number of likely N-dealkylation sites (N-methyl/N-ethyl adjacent to an activating group) is 2. The van der Waals surface area contributed by atoms with E-state index < -0.39 is 0 Å². The average molecular weight is 420 g/mol. The fourth-order valence-electron chi connectivity index (χ4n) is 3.05. The molecule has 0 unspecified atom stereocenters. The highest BCUT2D eigenvalue weighted by Gasteiger charge is 2.29. The van der Waals surface area contributed by atoms with Crippen molar-refractivity contribution in [2.75, 3.05) is 59.0 Å². The van der Waals surface area contributed by atoms with Crippen molar-refractivity contribution in [2.24, 2.45) is 0 Å². The molecule has 0 aromatic heterocycles. The lowest BCUT2D eigenvalue weighted by Crippen LogP contribution is -3.00. The fourth-order valence-corrected chi connectivity index (χ4v) is 3.05. The van der Waals surface area contributed by atoms with Gasteiger partial charge in [-0.2, -0.15) is 0 Å². The van der Waals surface area contributed by atoms with Crippen molar-refractivity contribution in [1.29, 1.82) is 0 Å². The minimum Gasteiger partial charge on any atom is -1.00 e. The molecule has 0 aromatic rings. The highest BCUT2D eigenvalue weighted by atomic mass is 79.9. The molecule has 0 aliphatic rings. The smallest absolute Gasteiger partial charge is 0.129 e. The SMILES string of the molecule is CCC[N+](CC)(CC)CC[N+](CC)(CC)CCO.[Br-].[Br-]. The molecule has 0 aliphatic carbocycles. The molecule has 0 saturated carbocycles. The molecule has 0 heterocycles. The maximum atomic E-state index is 9.29. The molecule has 0 radical (unpaired) electrons.